The molecular formula is C33H36ClFN4O4. The first-order chi connectivity index (χ1) is 20.8. The summed E-state index contributed by atoms with van der Waals surface area (Å²) in [6, 6.07) is 10.1. The summed E-state index contributed by atoms with van der Waals surface area (Å²) in [6.07, 6.45) is 6.76. The number of rotatable bonds is 10. The fourth-order valence-corrected chi connectivity index (χ4v) is 6.36. The molecule has 1 saturated carbocycles. The molecule has 3 heterocycles. The van der Waals surface area contributed by atoms with E-state index in [-0.39, 0.29) is 24.1 Å². The van der Waals surface area contributed by atoms with Crippen molar-refractivity contribution in [2.45, 2.75) is 52.0 Å². The van der Waals surface area contributed by atoms with Gasteiger partial charge in [-0.25, -0.2) is 19.2 Å². The second-order valence-electron chi connectivity index (χ2n) is 11.6. The Balaban J connectivity index is 1.14. The first-order valence-corrected chi connectivity index (χ1v) is 15.1. The van der Waals surface area contributed by atoms with E-state index in [2.05, 4.69) is 16.0 Å². The quantitative estimate of drug-likeness (QED) is 0.153. The second kappa shape index (κ2) is 12.2. The molecule has 2 saturated heterocycles. The van der Waals surface area contributed by atoms with Crippen LogP contribution in [0.1, 0.15) is 47.9 Å². The Morgan fingerprint density at radius 3 is 2.86 bits per heavy atom. The number of carbonyl (C=O) groups excluding carboxylic acids is 1. The predicted octanol–water partition coefficient (Wildman–Crippen LogP) is 6.32. The van der Waals surface area contributed by atoms with E-state index in [4.69, 9.17) is 35.8 Å². The number of allylic oxidation sites excluding steroid dienone is 2. The standard InChI is InChI=1S/C33H36ClFN4O4/c1-4-5-31(43-20-23-6-8-25(34)15-27(23)35)36-21(2)33-11-12-38(17-24(33)16-33)19-30-37-28-9-7-22(32(40)41-3)14-29(28)39(30)18-26-10-13-42-26/h4-9,14-15,24,26H,2,10-13,16-20H2,1,3H3/b5-4-,36-31?/t24-,26-,33-/m0/s1. The van der Waals surface area contributed by atoms with Gasteiger partial charge in [0.25, 0.3) is 0 Å². The molecular weight excluding hydrogens is 571 g/mol. The lowest BCUT2D eigenvalue weighted by Crippen LogP contribution is -2.36. The molecule has 2 aliphatic heterocycles. The largest absolute Gasteiger partial charge is 0.473 e. The van der Waals surface area contributed by atoms with Crippen molar-refractivity contribution < 1.29 is 23.4 Å². The van der Waals surface area contributed by atoms with E-state index in [0.29, 0.717) is 41.1 Å². The van der Waals surface area contributed by atoms with Crippen LogP contribution in [0.5, 0.6) is 0 Å². The molecule has 1 aromatic heterocycles. The Labute approximate surface area is 255 Å². The molecule has 0 radical (unpaired) electrons. The number of hydrogen-bond acceptors (Lipinski definition) is 7. The van der Waals surface area contributed by atoms with Gasteiger partial charge in [-0.2, -0.15) is 0 Å². The molecule has 6 rings (SSSR count). The number of esters is 1. The summed E-state index contributed by atoms with van der Waals surface area (Å²) in [6.45, 7) is 10.3. The van der Waals surface area contributed by atoms with Crippen LogP contribution in [-0.4, -0.2) is 59.2 Å². The van der Waals surface area contributed by atoms with Crippen molar-refractivity contribution in [1.29, 1.82) is 0 Å². The molecule has 0 N–H and O–H groups in total. The third kappa shape index (κ3) is 6.12. The molecule has 0 amide bonds. The lowest BCUT2D eigenvalue weighted by atomic mass is 9.92. The van der Waals surface area contributed by atoms with Gasteiger partial charge in [-0.05, 0) is 75.1 Å². The molecule has 10 heteroatoms. The van der Waals surface area contributed by atoms with Crippen molar-refractivity contribution >= 4 is 34.5 Å². The van der Waals surface area contributed by atoms with Crippen molar-refractivity contribution in [3.63, 3.8) is 0 Å². The average molecular weight is 607 g/mol. The number of methoxy groups -OCH3 is 1. The molecule has 226 valence electrons. The Morgan fingerprint density at radius 1 is 1.33 bits per heavy atom. The summed E-state index contributed by atoms with van der Waals surface area (Å²) in [7, 11) is 1.39. The predicted molar refractivity (Wildman–Crippen MR) is 163 cm³/mol. The summed E-state index contributed by atoms with van der Waals surface area (Å²) < 4.78 is 33.0. The molecule has 8 nitrogen and oxygen atoms in total. The van der Waals surface area contributed by atoms with Gasteiger partial charge in [0.1, 0.15) is 18.2 Å². The van der Waals surface area contributed by atoms with E-state index in [9.17, 15) is 9.18 Å². The number of aromatic nitrogens is 2. The van der Waals surface area contributed by atoms with Crippen molar-refractivity contribution in [2.75, 3.05) is 26.8 Å². The van der Waals surface area contributed by atoms with E-state index < -0.39 is 5.82 Å². The number of hydrogen-bond donors (Lipinski definition) is 0. The summed E-state index contributed by atoms with van der Waals surface area (Å²) >= 11 is 5.88. The van der Waals surface area contributed by atoms with Crippen LogP contribution >= 0.6 is 11.6 Å². The minimum Gasteiger partial charge on any atom is -0.473 e. The summed E-state index contributed by atoms with van der Waals surface area (Å²) in [5, 5.41) is 0.347. The molecule has 43 heavy (non-hydrogen) atoms. The normalized spacial score (nSPS) is 23.7. The third-order valence-corrected chi connectivity index (χ3v) is 9.13. The zero-order valence-corrected chi connectivity index (χ0v) is 25.3. The van der Waals surface area contributed by atoms with Gasteiger partial charge < -0.3 is 18.8 Å². The maximum absolute atomic E-state index is 14.3. The molecule has 3 atom stereocenters. The van der Waals surface area contributed by atoms with Crippen LogP contribution in [0.25, 0.3) is 11.0 Å². The van der Waals surface area contributed by atoms with Gasteiger partial charge in [-0.3, -0.25) is 4.90 Å². The van der Waals surface area contributed by atoms with Crippen LogP contribution in [0.15, 0.2) is 65.8 Å². The van der Waals surface area contributed by atoms with Gasteiger partial charge in [0.05, 0.1) is 42.9 Å². The number of halogens is 2. The molecule has 3 fully saturated rings. The molecule has 0 bridgehead atoms. The highest BCUT2D eigenvalue weighted by molar-refractivity contribution is 6.30. The first kappa shape index (κ1) is 29.5. The van der Waals surface area contributed by atoms with E-state index in [1.54, 1.807) is 24.3 Å². The Hall–Kier alpha value is -3.53. The van der Waals surface area contributed by atoms with Gasteiger partial charge in [0, 0.05) is 34.8 Å². The van der Waals surface area contributed by atoms with E-state index in [1.165, 1.54) is 13.2 Å². The Kier molecular flexibility index (Phi) is 8.40. The number of piperidine rings is 1. The van der Waals surface area contributed by atoms with Crippen molar-refractivity contribution in [1.82, 2.24) is 14.5 Å². The minimum atomic E-state index is -0.406. The van der Waals surface area contributed by atoms with Gasteiger partial charge in [0.15, 0.2) is 0 Å². The number of ether oxygens (including phenoxy) is 3. The molecule has 2 aromatic carbocycles. The van der Waals surface area contributed by atoms with Gasteiger partial charge in [-0.1, -0.05) is 30.3 Å². The monoisotopic (exact) mass is 606 g/mol. The molecule has 0 spiro atoms. The van der Waals surface area contributed by atoms with Gasteiger partial charge in [0.2, 0.25) is 5.90 Å². The lowest BCUT2D eigenvalue weighted by Gasteiger charge is -2.32. The van der Waals surface area contributed by atoms with Crippen LogP contribution in [-0.2, 0) is 33.9 Å². The fourth-order valence-electron chi connectivity index (χ4n) is 6.20. The molecule has 1 aliphatic carbocycles. The van der Waals surface area contributed by atoms with Crippen LogP contribution in [0, 0.1) is 17.2 Å². The highest BCUT2D eigenvalue weighted by atomic mass is 35.5. The number of benzene rings is 2. The molecule has 0 unspecified atom stereocenters. The second-order valence-corrected chi connectivity index (χ2v) is 12.0. The van der Waals surface area contributed by atoms with Crippen LogP contribution in [0.3, 0.4) is 0 Å². The SMILES string of the molecule is C=C(N=C(/C=C\C)OCc1ccc(Cl)cc1F)[C@@]12CCN(Cc3nc4ccc(C(=O)OC)cc4n3C[C@@H]3CCO3)C[C@@H]1C2. The van der Waals surface area contributed by atoms with E-state index >= 15 is 0 Å². The zero-order valence-electron chi connectivity index (χ0n) is 24.5. The van der Waals surface area contributed by atoms with E-state index in [0.717, 1.165) is 61.5 Å². The first-order valence-electron chi connectivity index (χ1n) is 14.7. The smallest absolute Gasteiger partial charge is 0.337 e. The maximum atomic E-state index is 14.3. The molecule has 3 aliphatic rings. The Bertz CT molecular complexity index is 1610. The number of nitrogens with zero attached hydrogens (tertiary/aromatic N) is 4. The van der Waals surface area contributed by atoms with Crippen molar-refractivity contribution in [2.24, 2.45) is 16.3 Å². The number of aliphatic imine (C=N–C) groups is 1. The lowest BCUT2D eigenvalue weighted by molar-refractivity contribution is -0.0592. The van der Waals surface area contributed by atoms with Gasteiger partial charge in [-0.15, -0.1) is 0 Å². The minimum absolute atomic E-state index is 0.0481. The maximum Gasteiger partial charge on any atom is 0.337 e. The van der Waals surface area contributed by atoms with Crippen LogP contribution in [0.2, 0.25) is 5.02 Å². The van der Waals surface area contributed by atoms with Crippen LogP contribution in [0.4, 0.5) is 4.39 Å². The topological polar surface area (TPSA) is 78.2 Å². The van der Waals surface area contributed by atoms with Crippen LogP contribution < -0.4 is 0 Å². The number of fused-ring (bicyclic) bond motifs is 2. The van der Waals surface area contributed by atoms with Crippen molar-refractivity contribution in [3.8, 4) is 0 Å². The number of imidazole rings is 1. The fraction of sp³-hybridized carbons (Fsp3) is 0.424. The van der Waals surface area contributed by atoms with Crippen molar-refractivity contribution in [3.05, 3.63) is 88.6 Å². The highest BCUT2D eigenvalue weighted by Crippen LogP contribution is 2.62. The number of likely N-dealkylation sites (tertiary alicyclic amines) is 1. The number of carbonyl (C=O) groups is 1. The Morgan fingerprint density at radius 2 is 2.16 bits per heavy atom. The highest BCUT2D eigenvalue weighted by Gasteiger charge is 2.58. The third-order valence-electron chi connectivity index (χ3n) is 8.90. The average Bonchev–Trinajstić information content (AvgIpc) is 3.62. The summed E-state index contributed by atoms with van der Waals surface area (Å²) in [4.78, 5) is 24.4. The van der Waals surface area contributed by atoms with E-state index in [1.807, 2.05) is 25.1 Å². The van der Waals surface area contributed by atoms with Gasteiger partial charge >= 0.3 is 5.97 Å². The zero-order chi connectivity index (χ0) is 30.1. The molecule has 3 aromatic rings. The summed E-state index contributed by atoms with van der Waals surface area (Å²) in [5.74, 6) is 1.06. The summed E-state index contributed by atoms with van der Waals surface area (Å²) in [5.41, 5.74) is 3.47.